The molecule has 1 atom stereocenters. The topological polar surface area (TPSA) is 29.3 Å². The fourth-order valence-electron chi connectivity index (χ4n) is 1.74. The predicted octanol–water partition coefficient (Wildman–Crippen LogP) is 3.33. The molecule has 1 aromatic rings. The molecule has 0 unspecified atom stereocenters. The van der Waals surface area contributed by atoms with Gasteiger partial charge in [-0.1, -0.05) is 32.4 Å². The molecular formula is C14H24N2. The maximum Gasteiger partial charge on any atom is 0.0363 e. The average molecular weight is 220 g/mol. The second kappa shape index (κ2) is 6.54. The molecule has 0 radical (unpaired) electrons. The zero-order valence-electron chi connectivity index (χ0n) is 10.7. The molecule has 0 bridgehead atoms. The summed E-state index contributed by atoms with van der Waals surface area (Å²) in [5.74, 6) is 0. The third kappa shape index (κ3) is 3.53. The predicted molar refractivity (Wildman–Crippen MR) is 71.8 cm³/mol. The molecule has 0 saturated heterocycles. The molecule has 0 saturated carbocycles. The van der Waals surface area contributed by atoms with E-state index in [4.69, 9.17) is 5.73 Å². The molecule has 2 N–H and O–H groups in total. The zero-order valence-corrected chi connectivity index (χ0v) is 10.7. The van der Waals surface area contributed by atoms with Gasteiger partial charge in [0.25, 0.3) is 0 Å². The minimum Gasteiger partial charge on any atom is -0.375 e. The fraction of sp³-hybridized carbons (Fsp3) is 0.571. The first kappa shape index (κ1) is 13.0. The van der Waals surface area contributed by atoms with Gasteiger partial charge in [0.15, 0.2) is 0 Å². The monoisotopic (exact) mass is 220 g/mol. The van der Waals surface area contributed by atoms with Gasteiger partial charge < -0.3 is 10.6 Å². The van der Waals surface area contributed by atoms with Gasteiger partial charge in [0.1, 0.15) is 0 Å². The van der Waals surface area contributed by atoms with Crippen LogP contribution in [-0.4, -0.2) is 13.6 Å². The average Bonchev–Trinajstić information content (AvgIpc) is 2.35. The van der Waals surface area contributed by atoms with Crippen LogP contribution in [0.15, 0.2) is 24.3 Å². The van der Waals surface area contributed by atoms with Crippen molar-refractivity contribution in [2.24, 2.45) is 5.73 Å². The number of unbranched alkanes of at least 4 members (excludes halogenated alkanes) is 1. The molecule has 0 fully saturated rings. The van der Waals surface area contributed by atoms with Crippen molar-refractivity contribution in [2.45, 2.75) is 39.2 Å². The van der Waals surface area contributed by atoms with E-state index >= 15 is 0 Å². The Bertz CT molecular complexity index is 292. The van der Waals surface area contributed by atoms with Crippen molar-refractivity contribution in [3.63, 3.8) is 0 Å². The second-order valence-electron chi connectivity index (χ2n) is 4.38. The van der Waals surface area contributed by atoms with Gasteiger partial charge in [0.2, 0.25) is 0 Å². The summed E-state index contributed by atoms with van der Waals surface area (Å²) in [6.07, 6.45) is 3.47. The van der Waals surface area contributed by atoms with Gasteiger partial charge in [0.05, 0.1) is 0 Å². The molecule has 0 aliphatic rings. The highest BCUT2D eigenvalue weighted by Crippen LogP contribution is 2.19. The van der Waals surface area contributed by atoms with E-state index in [-0.39, 0.29) is 6.04 Å². The molecular weight excluding hydrogens is 196 g/mol. The number of benzene rings is 1. The first-order valence-corrected chi connectivity index (χ1v) is 6.25. The van der Waals surface area contributed by atoms with Crippen LogP contribution in [0.2, 0.25) is 0 Å². The normalized spacial score (nSPS) is 12.5. The van der Waals surface area contributed by atoms with E-state index in [1.54, 1.807) is 0 Å². The maximum atomic E-state index is 5.99. The Morgan fingerprint density at radius 2 is 1.81 bits per heavy atom. The van der Waals surface area contributed by atoms with E-state index in [1.807, 2.05) is 0 Å². The number of nitrogens with two attached hydrogens (primary N) is 1. The number of nitrogens with zero attached hydrogens (tertiary/aromatic N) is 1. The summed E-state index contributed by atoms with van der Waals surface area (Å²) >= 11 is 0. The highest BCUT2D eigenvalue weighted by Gasteiger charge is 2.04. The number of hydrogen-bond donors (Lipinski definition) is 1. The smallest absolute Gasteiger partial charge is 0.0363 e. The van der Waals surface area contributed by atoms with E-state index in [0.717, 1.165) is 13.0 Å². The van der Waals surface area contributed by atoms with E-state index in [9.17, 15) is 0 Å². The number of anilines is 1. The Balaban J connectivity index is 2.63. The summed E-state index contributed by atoms with van der Waals surface area (Å²) in [7, 11) is 2.14. The molecule has 0 aliphatic carbocycles. The quantitative estimate of drug-likeness (QED) is 0.796. The minimum atomic E-state index is 0.176. The van der Waals surface area contributed by atoms with Crippen molar-refractivity contribution in [1.29, 1.82) is 0 Å². The second-order valence-corrected chi connectivity index (χ2v) is 4.38. The van der Waals surface area contributed by atoms with Crippen LogP contribution in [0.5, 0.6) is 0 Å². The first-order valence-electron chi connectivity index (χ1n) is 6.25. The molecule has 0 aliphatic heterocycles. The van der Waals surface area contributed by atoms with Gasteiger partial charge in [-0.25, -0.2) is 0 Å². The minimum absolute atomic E-state index is 0.176. The largest absolute Gasteiger partial charge is 0.375 e. The van der Waals surface area contributed by atoms with Gasteiger partial charge in [-0.3, -0.25) is 0 Å². The van der Waals surface area contributed by atoms with Gasteiger partial charge in [-0.2, -0.15) is 0 Å². The summed E-state index contributed by atoms with van der Waals surface area (Å²) in [5, 5.41) is 0. The van der Waals surface area contributed by atoms with Crippen molar-refractivity contribution in [3.05, 3.63) is 29.8 Å². The van der Waals surface area contributed by atoms with E-state index < -0.39 is 0 Å². The van der Waals surface area contributed by atoms with Crippen molar-refractivity contribution in [2.75, 3.05) is 18.5 Å². The molecule has 2 nitrogen and oxygen atoms in total. The Labute approximate surface area is 99.5 Å². The Kier molecular flexibility index (Phi) is 5.33. The molecule has 90 valence electrons. The van der Waals surface area contributed by atoms with Crippen LogP contribution in [0.3, 0.4) is 0 Å². The van der Waals surface area contributed by atoms with Gasteiger partial charge in [0, 0.05) is 25.3 Å². The molecule has 0 amide bonds. The summed E-state index contributed by atoms with van der Waals surface area (Å²) in [5.41, 5.74) is 8.50. The van der Waals surface area contributed by atoms with Gasteiger partial charge >= 0.3 is 0 Å². The number of hydrogen-bond acceptors (Lipinski definition) is 2. The van der Waals surface area contributed by atoms with E-state index in [0.29, 0.717) is 0 Å². The van der Waals surface area contributed by atoms with E-state index in [1.165, 1.54) is 24.1 Å². The van der Waals surface area contributed by atoms with Crippen LogP contribution in [-0.2, 0) is 0 Å². The fourth-order valence-corrected chi connectivity index (χ4v) is 1.74. The van der Waals surface area contributed by atoms with Crippen LogP contribution in [0.1, 0.15) is 44.7 Å². The summed E-state index contributed by atoms with van der Waals surface area (Å²) < 4.78 is 0. The molecule has 0 spiro atoms. The third-order valence-electron chi connectivity index (χ3n) is 3.05. The lowest BCUT2D eigenvalue weighted by atomic mass is 10.1. The Morgan fingerprint density at radius 3 is 2.31 bits per heavy atom. The highest BCUT2D eigenvalue weighted by atomic mass is 15.1. The maximum absolute atomic E-state index is 5.99. The van der Waals surface area contributed by atoms with Crippen LogP contribution in [0.25, 0.3) is 0 Å². The lowest BCUT2D eigenvalue weighted by Crippen LogP contribution is -2.18. The van der Waals surface area contributed by atoms with Gasteiger partial charge in [-0.05, 0) is 30.5 Å². The molecule has 0 heterocycles. The molecule has 1 rings (SSSR count). The Morgan fingerprint density at radius 1 is 1.19 bits per heavy atom. The van der Waals surface area contributed by atoms with Gasteiger partial charge in [-0.15, -0.1) is 0 Å². The van der Waals surface area contributed by atoms with Crippen LogP contribution in [0, 0.1) is 0 Å². The lowest BCUT2D eigenvalue weighted by Gasteiger charge is -2.19. The van der Waals surface area contributed by atoms with Crippen molar-refractivity contribution in [1.82, 2.24) is 0 Å². The summed E-state index contributed by atoms with van der Waals surface area (Å²) in [6.45, 7) is 5.46. The first-order chi connectivity index (χ1) is 7.69. The SMILES string of the molecule is CCCCN(C)c1ccc([C@@H](N)CC)cc1. The molecule has 16 heavy (non-hydrogen) atoms. The molecule has 0 aromatic heterocycles. The lowest BCUT2D eigenvalue weighted by molar-refractivity contribution is 0.698. The van der Waals surface area contributed by atoms with Crippen molar-refractivity contribution >= 4 is 5.69 Å². The molecule has 1 aromatic carbocycles. The Hall–Kier alpha value is -1.02. The highest BCUT2D eigenvalue weighted by molar-refractivity contribution is 5.47. The zero-order chi connectivity index (χ0) is 12.0. The molecule has 2 heteroatoms. The summed E-state index contributed by atoms with van der Waals surface area (Å²) in [6, 6.07) is 8.80. The van der Waals surface area contributed by atoms with Crippen LogP contribution in [0.4, 0.5) is 5.69 Å². The summed E-state index contributed by atoms with van der Waals surface area (Å²) in [4.78, 5) is 2.30. The van der Waals surface area contributed by atoms with Crippen LogP contribution < -0.4 is 10.6 Å². The van der Waals surface area contributed by atoms with Crippen molar-refractivity contribution in [3.8, 4) is 0 Å². The standard InChI is InChI=1S/C14H24N2/c1-4-6-11-16(3)13-9-7-12(8-10-13)14(15)5-2/h7-10,14H,4-6,11,15H2,1-3H3/t14-/m0/s1. The van der Waals surface area contributed by atoms with Crippen molar-refractivity contribution < 1.29 is 0 Å². The van der Waals surface area contributed by atoms with Crippen LogP contribution >= 0.6 is 0 Å². The van der Waals surface area contributed by atoms with E-state index in [2.05, 4.69) is 50.1 Å². The number of rotatable bonds is 6. The third-order valence-corrected chi connectivity index (χ3v) is 3.05.